The highest BCUT2D eigenvalue weighted by Gasteiger charge is 2.30. The molecule has 0 atom stereocenters. The second kappa shape index (κ2) is 8.19. The number of benzene rings is 2. The first kappa shape index (κ1) is 20.1. The molecule has 0 saturated heterocycles. The Morgan fingerprint density at radius 3 is 2.33 bits per heavy atom. The number of hydrogen-bond donors (Lipinski definition) is 1. The molecule has 1 fully saturated rings. The van der Waals surface area contributed by atoms with Crippen LogP contribution in [0.4, 0.5) is 5.69 Å². The van der Waals surface area contributed by atoms with Crippen LogP contribution >= 0.6 is 23.2 Å². The highest BCUT2D eigenvalue weighted by molar-refractivity contribution is 7.89. The fourth-order valence-corrected chi connectivity index (χ4v) is 4.95. The lowest BCUT2D eigenvalue weighted by molar-refractivity contribution is 0.102. The van der Waals surface area contributed by atoms with Gasteiger partial charge in [0.15, 0.2) is 0 Å². The molecule has 1 aliphatic rings. The first-order valence-corrected chi connectivity index (χ1v) is 10.8. The minimum Gasteiger partial charge on any atom is -0.321 e. The Bertz CT molecular complexity index is 940. The van der Waals surface area contributed by atoms with Gasteiger partial charge in [0.25, 0.3) is 5.91 Å². The van der Waals surface area contributed by atoms with Crippen molar-refractivity contribution in [2.75, 3.05) is 12.4 Å². The van der Waals surface area contributed by atoms with Crippen molar-refractivity contribution in [3.63, 3.8) is 0 Å². The van der Waals surface area contributed by atoms with Crippen LogP contribution in [0.15, 0.2) is 47.4 Å². The summed E-state index contributed by atoms with van der Waals surface area (Å²) in [6.45, 7) is 0. The number of halogens is 2. The van der Waals surface area contributed by atoms with Crippen LogP contribution < -0.4 is 5.32 Å². The van der Waals surface area contributed by atoms with E-state index in [1.165, 1.54) is 28.6 Å². The molecule has 2 aromatic carbocycles. The van der Waals surface area contributed by atoms with Gasteiger partial charge in [0.05, 0.1) is 15.6 Å². The highest BCUT2D eigenvalue weighted by atomic mass is 35.5. The SMILES string of the molecule is CN(C1CCCC1)S(=O)(=O)c1ccc(C(=O)Nc2cc(Cl)ccc2Cl)cc1. The lowest BCUT2D eigenvalue weighted by atomic mass is 10.2. The van der Waals surface area contributed by atoms with Crippen LogP contribution in [0.3, 0.4) is 0 Å². The van der Waals surface area contributed by atoms with Crippen molar-refractivity contribution in [1.82, 2.24) is 4.31 Å². The maximum Gasteiger partial charge on any atom is 0.255 e. The van der Waals surface area contributed by atoms with E-state index in [1.54, 1.807) is 25.2 Å². The summed E-state index contributed by atoms with van der Waals surface area (Å²) in [6, 6.07) is 10.7. The van der Waals surface area contributed by atoms with Crippen LogP contribution in [0.1, 0.15) is 36.0 Å². The minimum absolute atomic E-state index is 0.0444. The second-order valence-electron chi connectivity index (χ2n) is 6.56. The Morgan fingerprint density at radius 1 is 1.07 bits per heavy atom. The smallest absolute Gasteiger partial charge is 0.255 e. The molecule has 0 aromatic heterocycles. The summed E-state index contributed by atoms with van der Waals surface area (Å²) < 4.78 is 27.0. The largest absolute Gasteiger partial charge is 0.321 e. The molecule has 0 bridgehead atoms. The summed E-state index contributed by atoms with van der Waals surface area (Å²) in [4.78, 5) is 12.6. The van der Waals surface area contributed by atoms with Crippen LogP contribution in [0.25, 0.3) is 0 Å². The Hall–Kier alpha value is -1.60. The van der Waals surface area contributed by atoms with Crippen LogP contribution in [-0.4, -0.2) is 31.7 Å². The molecule has 2 aromatic rings. The average Bonchev–Trinajstić information content (AvgIpc) is 3.18. The molecule has 0 spiro atoms. The molecule has 5 nitrogen and oxygen atoms in total. The van der Waals surface area contributed by atoms with E-state index in [9.17, 15) is 13.2 Å². The van der Waals surface area contributed by atoms with E-state index >= 15 is 0 Å². The van der Waals surface area contributed by atoms with Crippen molar-refractivity contribution in [2.24, 2.45) is 0 Å². The molecule has 0 unspecified atom stereocenters. The van der Waals surface area contributed by atoms with Gasteiger partial charge < -0.3 is 5.32 Å². The third-order valence-corrected chi connectivity index (χ3v) is 7.30. The third kappa shape index (κ3) is 4.46. The van der Waals surface area contributed by atoms with Crippen LogP contribution in [0.2, 0.25) is 10.0 Å². The van der Waals surface area contributed by atoms with Crippen LogP contribution in [0.5, 0.6) is 0 Å². The maximum absolute atomic E-state index is 12.8. The van der Waals surface area contributed by atoms with Gasteiger partial charge >= 0.3 is 0 Å². The molecule has 0 aliphatic heterocycles. The fraction of sp³-hybridized carbons (Fsp3) is 0.316. The van der Waals surface area contributed by atoms with Crippen molar-refractivity contribution in [3.05, 3.63) is 58.1 Å². The van der Waals surface area contributed by atoms with Crippen molar-refractivity contribution in [1.29, 1.82) is 0 Å². The standard InChI is InChI=1S/C19H20Cl2N2O3S/c1-23(15-4-2-3-5-15)27(25,26)16-9-6-13(7-10-16)19(24)22-18-12-14(20)8-11-17(18)21/h6-12,15H,2-5H2,1H3,(H,22,24). The molecule has 1 amide bonds. The van der Waals surface area contributed by atoms with Crippen molar-refractivity contribution < 1.29 is 13.2 Å². The van der Waals surface area contributed by atoms with E-state index in [1.807, 2.05) is 0 Å². The summed E-state index contributed by atoms with van der Waals surface area (Å²) >= 11 is 12.0. The summed E-state index contributed by atoms with van der Waals surface area (Å²) in [5.41, 5.74) is 0.723. The maximum atomic E-state index is 12.8. The molecule has 27 heavy (non-hydrogen) atoms. The molecule has 1 N–H and O–H groups in total. The lowest BCUT2D eigenvalue weighted by Gasteiger charge is -2.23. The van der Waals surface area contributed by atoms with Gasteiger partial charge in [0.2, 0.25) is 10.0 Å². The first-order chi connectivity index (χ1) is 12.8. The van der Waals surface area contributed by atoms with E-state index in [2.05, 4.69) is 5.32 Å². The fourth-order valence-electron chi connectivity index (χ4n) is 3.20. The third-order valence-electron chi connectivity index (χ3n) is 4.81. The molecule has 0 heterocycles. The van der Waals surface area contributed by atoms with Gasteiger partial charge in [0.1, 0.15) is 0 Å². The number of rotatable bonds is 5. The molecule has 1 aliphatic carbocycles. The molecular formula is C19H20Cl2N2O3S. The number of amides is 1. The van der Waals surface area contributed by atoms with Crippen LogP contribution in [-0.2, 0) is 10.0 Å². The van der Waals surface area contributed by atoms with Crippen molar-refractivity contribution in [3.8, 4) is 0 Å². The predicted molar refractivity (Wildman–Crippen MR) is 108 cm³/mol. The Kier molecular flexibility index (Phi) is 6.11. The van der Waals surface area contributed by atoms with E-state index in [-0.39, 0.29) is 10.9 Å². The summed E-state index contributed by atoms with van der Waals surface area (Å²) in [7, 11) is -1.95. The van der Waals surface area contributed by atoms with Gasteiger partial charge in [-0.3, -0.25) is 4.79 Å². The Labute approximate surface area is 169 Å². The zero-order chi connectivity index (χ0) is 19.6. The summed E-state index contributed by atoms with van der Waals surface area (Å²) in [5.74, 6) is -0.396. The molecule has 144 valence electrons. The number of anilines is 1. The molecule has 0 radical (unpaired) electrons. The predicted octanol–water partition coefficient (Wildman–Crippen LogP) is 4.81. The number of nitrogens with zero attached hydrogens (tertiary/aromatic N) is 1. The quantitative estimate of drug-likeness (QED) is 0.745. The lowest BCUT2D eigenvalue weighted by Crippen LogP contribution is -2.35. The monoisotopic (exact) mass is 426 g/mol. The second-order valence-corrected chi connectivity index (χ2v) is 9.40. The van der Waals surface area contributed by atoms with Gasteiger partial charge in [-0.05, 0) is 55.3 Å². The van der Waals surface area contributed by atoms with Gasteiger partial charge in [0, 0.05) is 23.7 Å². The van der Waals surface area contributed by atoms with Gasteiger partial charge in [-0.1, -0.05) is 36.0 Å². The number of sulfonamides is 1. The van der Waals surface area contributed by atoms with Gasteiger partial charge in [-0.15, -0.1) is 0 Å². The number of carbonyl (C=O) groups excluding carboxylic acids is 1. The number of carbonyl (C=O) groups is 1. The highest BCUT2D eigenvalue weighted by Crippen LogP contribution is 2.28. The topological polar surface area (TPSA) is 66.5 Å². The van der Waals surface area contributed by atoms with E-state index in [0.717, 1.165) is 25.7 Å². The summed E-state index contributed by atoms with van der Waals surface area (Å²) in [6.07, 6.45) is 3.87. The Balaban J connectivity index is 1.76. The van der Waals surface area contributed by atoms with Crippen molar-refractivity contribution in [2.45, 2.75) is 36.6 Å². The van der Waals surface area contributed by atoms with Gasteiger partial charge in [-0.2, -0.15) is 4.31 Å². The van der Waals surface area contributed by atoms with E-state index in [4.69, 9.17) is 23.2 Å². The van der Waals surface area contributed by atoms with Gasteiger partial charge in [-0.25, -0.2) is 8.42 Å². The number of hydrogen-bond acceptors (Lipinski definition) is 3. The molecule has 3 rings (SSSR count). The van der Waals surface area contributed by atoms with E-state index < -0.39 is 15.9 Å². The van der Waals surface area contributed by atoms with Crippen molar-refractivity contribution >= 4 is 44.8 Å². The average molecular weight is 427 g/mol. The number of nitrogens with one attached hydrogen (secondary N) is 1. The van der Waals surface area contributed by atoms with E-state index in [0.29, 0.717) is 21.3 Å². The molecular weight excluding hydrogens is 407 g/mol. The summed E-state index contributed by atoms with van der Waals surface area (Å²) in [5, 5.41) is 3.49. The zero-order valence-corrected chi connectivity index (χ0v) is 17.1. The normalized spacial score (nSPS) is 15.3. The zero-order valence-electron chi connectivity index (χ0n) is 14.8. The Morgan fingerprint density at radius 2 is 1.70 bits per heavy atom. The molecule has 8 heteroatoms. The molecule has 1 saturated carbocycles. The minimum atomic E-state index is -3.57. The van der Waals surface area contributed by atoms with Crippen LogP contribution in [0, 0.1) is 0 Å². The first-order valence-electron chi connectivity index (χ1n) is 8.63.